The van der Waals surface area contributed by atoms with Gasteiger partial charge >= 0.3 is 6.18 Å². The lowest BCUT2D eigenvalue weighted by molar-refractivity contribution is -0.142. The van der Waals surface area contributed by atoms with Crippen molar-refractivity contribution in [1.82, 2.24) is 20.0 Å². The maximum Gasteiger partial charge on any atom is 0.433 e. The van der Waals surface area contributed by atoms with Gasteiger partial charge in [0, 0.05) is 28.0 Å². The highest BCUT2D eigenvalue weighted by atomic mass is 32.2. The Kier molecular flexibility index (Phi) is 8.02. The number of hydrogen-bond donors (Lipinski definition) is 5. The summed E-state index contributed by atoms with van der Waals surface area (Å²) in [4.78, 5) is 3.47. The highest BCUT2D eigenvalue weighted by Gasteiger charge is 2.50. The van der Waals surface area contributed by atoms with Crippen molar-refractivity contribution >= 4 is 10.9 Å². The zero-order chi connectivity index (χ0) is 28.9. The minimum Gasteiger partial charge on any atom is -0.395 e. The molecule has 0 radical (unpaired) electrons. The zero-order valence-corrected chi connectivity index (χ0v) is 21.5. The maximum absolute atomic E-state index is 13.8. The number of pyridine rings is 1. The average Bonchev–Trinajstić information content (AvgIpc) is 3.31. The Balaban J connectivity index is 1.71. The number of hydrogen-bond acceptors (Lipinski definition) is 7. The van der Waals surface area contributed by atoms with Crippen LogP contribution in [0.3, 0.4) is 0 Å². The molecule has 39 heavy (non-hydrogen) atoms. The Labute approximate surface area is 221 Å². The van der Waals surface area contributed by atoms with Crippen LogP contribution < -0.4 is 0 Å². The quantitative estimate of drug-likeness (QED) is 0.173. The SMILES string of the molecule is CC(C)(O)[C@H](c1cccnc1C(F)(F)F)[SH]1C[C@H](O)[C@H](n2cc(-c3cc(F)c(F)c(F)c3)nn2)[C@@H](O)[C@H]1CO. The molecule has 0 spiro atoms. The second kappa shape index (κ2) is 10.7. The van der Waals surface area contributed by atoms with E-state index in [1.807, 2.05) is 0 Å². The molecule has 3 heterocycles. The van der Waals surface area contributed by atoms with Crippen molar-refractivity contribution in [2.24, 2.45) is 0 Å². The number of aliphatic hydroxyl groups is 4. The molecule has 15 heteroatoms. The topological polar surface area (TPSA) is 125 Å². The van der Waals surface area contributed by atoms with Gasteiger partial charge in [0.15, 0.2) is 17.5 Å². The van der Waals surface area contributed by atoms with Crippen LogP contribution in [0.4, 0.5) is 26.3 Å². The zero-order valence-electron chi connectivity index (χ0n) is 20.6. The number of aromatic nitrogens is 4. The van der Waals surface area contributed by atoms with Gasteiger partial charge in [-0.3, -0.25) is 4.98 Å². The molecule has 0 amide bonds. The third-order valence-electron chi connectivity index (χ3n) is 6.65. The van der Waals surface area contributed by atoms with Crippen LogP contribution in [0.25, 0.3) is 11.3 Å². The van der Waals surface area contributed by atoms with Gasteiger partial charge in [0.1, 0.15) is 17.4 Å². The minimum atomic E-state index is -4.85. The van der Waals surface area contributed by atoms with Crippen molar-refractivity contribution in [3.63, 3.8) is 0 Å². The van der Waals surface area contributed by atoms with Crippen molar-refractivity contribution in [2.75, 3.05) is 12.4 Å². The second-order valence-corrected chi connectivity index (χ2v) is 12.4. The summed E-state index contributed by atoms with van der Waals surface area (Å²) in [5, 5.41) is 48.8. The summed E-state index contributed by atoms with van der Waals surface area (Å²) in [6.45, 7) is 1.91. The lowest BCUT2D eigenvalue weighted by atomic mass is 9.96. The number of aliphatic hydroxyl groups excluding tert-OH is 3. The fourth-order valence-electron chi connectivity index (χ4n) is 5.05. The molecule has 2 aromatic heterocycles. The number of benzene rings is 1. The first kappa shape index (κ1) is 29.3. The summed E-state index contributed by atoms with van der Waals surface area (Å²) in [5.41, 5.74) is -3.60. The minimum absolute atomic E-state index is 0.111. The number of rotatable bonds is 6. The first-order valence-corrected chi connectivity index (χ1v) is 13.4. The Morgan fingerprint density at radius 1 is 1.13 bits per heavy atom. The average molecular weight is 581 g/mol. The molecule has 4 rings (SSSR count). The molecule has 0 saturated carbocycles. The van der Waals surface area contributed by atoms with Gasteiger partial charge in [0.05, 0.1) is 30.6 Å². The van der Waals surface area contributed by atoms with Gasteiger partial charge in [-0.2, -0.15) is 13.2 Å². The molecule has 4 N–H and O–H groups in total. The standard InChI is InChI=1S/C24H26F6N4O4S/c1-23(2,38)22(12-4-3-5-31-21(12)24(28,29)30)39-10-16(36)19(20(37)17(39)9-35)34-8-15(32-33-34)11-6-13(25)18(27)14(26)7-11/h3-8,16-17,19-20,22,35-39H,9-10H2,1-2H3/t16-,17+,19-,20-,22-/m0/s1. The van der Waals surface area contributed by atoms with E-state index in [0.29, 0.717) is 12.1 Å². The summed E-state index contributed by atoms with van der Waals surface area (Å²) >= 11 is 0. The lowest BCUT2D eigenvalue weighted by Gasteiger charge is -2.50. The van der Waals surface area contributed by atoms with E-state index in [0.717, 1.165) is 17.1 Å². The van der Waals surface area contributed by atoms with E-state index in [9.17, 15) is 46.8 Å². The van der Waals surface area contributed by atoms with E-state index >= 15 is 0 Å². The summed E-state index contributed by atoms with van der Waals surface area (Å²) < 4.78 is 83.2. The van der Waals surface area contributed by atoms with Crippen LogP contribution in [0.5, 0.6) is 0 Å². The Morgan fingerprint density at radius 2 is 1.77 bits per heavy atom. The maximum atomic E-state index is 13.8. The third kappa shape index (κ3) is 5.63. The smallest absolute Gasteiger partial charge is 0.395 e. The predicted octanol–water partition coefficient (Wildman–Crippen LogP) is 2.93. The third-order valence-corrected chi connectivity index (χ3v) is 10.3. The fraction of sp³-hybridized carbons (Fsp3) is 0.458. The van der Waals surface area contributed by atoms with Crippen LogP contribution in [0.2, 0.25) is 0 Å². The first-order chi connectivity index (χ1) is 18.1. The van der Waals surface area contributed by atoms with Crippen LogP contribution in [0, 0.1) is 17.5 Å². The molecule has 1 fully saturated rings. The number of halogens is 6. The van der Waals surface area contributed by atoms with Gasteiger partial charge in [-0.25, -0.2) is 28.7 Å². The molecule has 6 atom stereocenters. The molecule has 1 saturated heterocycles. The van der Waals surface area contributed by atoms with Crippen molar-refractivity contribution in [3.05, 3.63) is 65.4 Å². The second-order valence-electron chi connectivity index (χ2n) is 9.83. The van der Waals surface area contributed by atoms with Crippen LogP contribution in [-0.4, -0.2) is 75.8 Å². The van der Waals surface area contributed by atoms with Gasteiger partial charge in [-0.15, -0.1) is 5.10 Å². The molecule has 1 aromatic carbocycles. The summed E-state index contributed by atoms with van der Waals surface area (Å²) in [5.74, 6) is -4.81. The van der Waals surface area contributed by atoms with Crippen LogP contribution >= 0.6 is 10.9 Å². The van der Waals surface area contributed by atoms with Gasteiger partial charge in [0.25, 0.3) is 0 Å². The first-order valence-electron chi connectivity index (χ1n) is 11.7. The van der Waals surface area contributed by atoms with E-state index in [-0.39, 0.29) is 22.6 Å². The molecule has 0 bridgehead atoms. The molecule has 3 aromatic rings. The van der Waals surface area contributed by atoms with E-state index in [2.05, 4.69) is 15.3 Å². The van der Waals surface area contributed by atoms with Crippen molar-refractivity contribution < 1.29 is 46.8 Å². The van der Waals surface area contributed by atoms with Gasteiger partial charge in [0.2, 0.25) is 0 Å². The van der Waals surface area contributed by atoms with E-state index < -0.39 is 81.2 Å². The van der Waals surface area contributed by atoms with Crippen LogP contribution in [0.15, 0.2) is 36.7 Å². The van der Waals surface area contributed by atoms with Crippen LogP contribution in [-0.2, 0) is 6.18 Å². The summed E-state index contributed by atoms with van der Waals surface area (Å²) in [6, 6.07) is 2.58. The number of thiol groups is 1. The van der Waals surface area contributed by atoms with Crippen LogP contribution in [0.1, 0.15) is 36.4 Å². The number of nitrogens with zero attached hydrogens (tertiary/aromatic N) is 4. The van der Waals surface area contributed by atoms with Crippen molar-refractivity contribution in [2.45, 2.75) is 54.4 Å². The molecule has 1 aliphatic rings. The molecule has 8 nitrogen and oxygen atoms in total. The predicted molar refractivity (Wildman–Crippen MR) is 129 cm³/mol. The Bertz CT molecular complexity index is 1310. The highest BCUT2D eigenvalue weighted by Crippen LogP contribution is 2.58. The van der Waals surface area contributed by atoms with E-state index in [4.69, 9.17) is 0 Å². The highest BCUT2D eigenvalue weighted by molar-refractivity contribution is 8.18. The molecule has 214 valence electrons. The van der Waals surface area contributed by atoms with Gasteiger partial charge in [-0.05, 0) is 37.6 Å². The Hall–Kier alpha value is -2.72. The monoisotopic (exact) mass is 580 g/mol. The van der Waals surface area contributed by atoms with Gasteiger partial charge in [-0.1, -0.05) is 11.3 Å². The van der Waals surface area contributed by atoms with E-state index in [1.165, 1.54) is 26.0 Å². The normalized spacial score (nSPS) is 26.0. The largest absolute Gasteiger partial charge is 0.433 e. The summed E-state index contributed by atoms with van der Waals surface area (Å²) in [7, 11) is -1.91. The Morgan fingerprint density at radius 3 is 2.33 bits per heavy atom. The molecule has 1 unspecified atom stereocenters. The lowest BCUT2D eigenvalue weighted by Crippen LogP contribution is -2.52. The molecular weight excluding hydrogens is 554 g/mol. The van der Waals surface area contributed by atoms with Crippen molar-refractivity contribution in [3.8, 4) is 11.3 Å². The number of alkyl halides is 3. The van der Waals surface area contributed by atoms with Crippen molar-refractivity contribution in [1.29, 1.82) is 0 Å². The molecular formula is C24H26F6N4O4S. The van der Waals surface area contributed by atoms with E-state index in [1.54, 1.807) is 0 Å². The summed E-state index contributed by atoms with van der Waals surface area (Å²) in [6.07, 6.45) is -5.73. The molecule has 1 aliphatic heterocycles. The fourth-order valence-corrected chi connectivity index (χ4v) is 8.72. The molecule has 0 aliphatic carbocycles. The van der Waals surface area contributed by atoms with Gasteiger partial charge < -0.3 is 20.4 Å².